The predicted octanol–water partition coefficient (Wildman–Crippen LogP) is 4.44. The Labute approximate surface area is 214 Å². The van der Waals surface area contributed by atoms with Crippen molar-refractivity contribution < 1.29 is 14.0 Å². The van der Waals surface area contributed by atoms with Crippen LogP contribution in [0.15, 0.2) is 48.7 Å². The largest absolute Gasteiger partial charge is 0.370 e. The van der Waals surface area contributed by atoms with Crippen molar-refractivity contribution in [1.82, 2.24) is 14.2 Å². The molecule has 8 heteroatoms. The second-order valence-electron chi connectivity index (χ2n) is 10.0. The predicted molar refractivity (Wildman–Crippen MR) is 141 cm³/mol. The second kappa shape index (κ2) is 9.16. The first kappa shape index (κ1) is 23.4. The minimum atomic E-state index is -0.382. The number of Topliss-reactive ketones (excluding diaryl/α,β-unsaturated/α-hetero) is 1. The second-order valence-corrected chi connectivity index (χ2v) is 10.9. The van der Waals surface area contributed by atoms with E-state index in [0.29, 0.717) is 55.5 Å². The van der Waals surface area contributed by atoms with Crippen LogP contribution in [0.5, 0.6) is 0 Å². The Hall–Kier alpha value is -2.97. The third kappa shape index (κ3) is 3.87. The molecule has 1 aliphatic carbocycles. The van der Waals surface area contributed by atoms with Crippen LogP contribution >= 0.6 is 11.9 Å². The summed E-state index contributed by atoms with van der Waals surface area (Å²) in [7, 11) is 0. The van der Waals surface area contributed by atoms with Crippen LogP contribution in [-0.4, -0.2) is 71.4 Å². The molecule has 1 spiro atoms. The molecule has 2 aliphatic heterocycles. The summed E-state index contributed by atoms with van der Waals surface area (Å²) in [6, 6.07) is 12.5. The van der Waals surface area contributed by atoms with Crippen LogP contribution in [0, 0.1) is 11.2 Å². The Balaban J connectivity index is 1.33. The minimum absolute atomic E-state index is 0.0611. The quantitative estimate of drug-likeness (QED) is 0.492. The maximum Gasteiger partial charge on any atom is 0.257 e. The van der Waals surface area contributed by atoms with Gasteiger partial charge in [0, 0.05) is 61.8 Å². The van der Waals surface area contributed by atoms with Crippen molar-refractivity contribution in [2.75, 3.05) is 50.4 Å². The average Bonchev–Trinajstić information content (AvgIpc) is 3.19. The van der Waals surface area contributed by atoms with Crippen LogP contribution in [0.1, 0.15) is 39.1 Å². The zero-order valence-electron chi connectivity index (χ0n) is 20.4. The maximum absolute atomic E-state index is 14.4. The molecule has 0 saturated carbocycles. The molecule has 0 radical (unpaired) electrons. The normalized spacial score (nSPS) is 19.8. The molecule has 2 fully saturated rings. The van der Waals surface area contributed by atoms with Gasteiger partial charge in [0.15, 0.2) is 5.78 Å². The van der Waals surface area contributed by atoms with Gasteiger partial charge < -0.3 is 9.80 Å². The van der Waals surface area contributed by atoms with E-state index in [1.807, 2.05) is 29.4 Å². The van der Waals surface area contributed by atoms with Crippen LogP contribution in [0.4, 0.5) is 10.1 Å². The van der Waals surface area contributed by atoms with Crippen molar-refractivity contribution in [1.29, 1.82) is 0 Å². The van der Waals surface area contributed by atoms with Gasteiger partial charge in [0.25, 0.3) is 5.91 Å². The smallest absolute Gasteiger partial charge is 0.257 e. The van der Waals surface area contributed by atoms with Gasteiger partial charge >= 0.3 is 0 Å². The van der Waals surface area contributed by atoms with E-state index in [9.17, 15) is 14.0 Å². The van der Waals surface area contributed by atoms with Crippen LogP contribution < -0.4 is 4.90 Å². The molecule has 0 atom stereocenters. The molecule has 186 valence electrons. The molecular formula is C28H29FN4O2S. The zero-order valence-corrected chi connectivity index (χ0v) is 21.2. The summed E-state index contributed by atoms with van der Waals surface area (Å²) in [5.41, 5.74) is 3.53. The first-order chi connectivity index (χ1) is 17.5. The number of piperazine rings is 1. The number of carbonyl (C=O) groups is 2. The zero-order chi connectivity index (χ0) is 24.9. The lowest BCUT2D eigenvalue weighted by molar-refractivity contribution is 0.0702. The van der Waals surface area contributed by atoms with Gasteiger partial charge in [-0.05, 0) is 49.3 Å². The highest BCUT2D eigenvalue weighted by atomic mass is 32.2. The van der Waals surface area contributed by atoms with Gasteiger partial charge in [-0.15, -0.1) is 0 Å². The van der Waals surface area contributed by atoms with Crippen molar-refractivity contribution >= 4 is 40.2 Å². The van der Waals surface area contributed by atoms with Crippen LogP contribution in [0.3, 0.4) is 0 Å². The van der Waals surface area contributed by atoms with Gasteiger partial charge in [-0.1, -0.05) is 36.2 Å². The van der Waals surface area contributed by atoms with Crippen molar-refractivity contribution in [2.45, 2.75) is 19.3 Å². The van der Waals surface area contributed by atoms with Gasteiger partial charge in [-0.25, -0.2) is 8.70 Å². The Bertz CT molecular complexity index is 1350. The van der Waals surface area contributed by atoms with Crippen molar-refractivity contribution in [3.05, 3.63) is 71.2 Å². The molecular weight excluding hydrogens is 475 g/mol. The molecule has 0 bridgehead atoms. The monoisotopic (exact) mass is 504 g/mol. The van der Waals surface area contributed by atoms with Gasteiger partial charge in [0.05, 0.1) is 16.8 Å². The van der Waals surface area contributed by atoms with E-state index in [1.54, 1.807) is 24.2 Å². The molecule has 0 unspecified atom stereocenters. The molecule has 1 aromatic heterocycles. The van der Waals surface area contributed by atoms with Gasteiger partial charge in [0.2, 0.25) is 0 Å². The van der Waals surface area contributed by atoms with Crippen LogP contribution in [0.2, 0.25) is 0 Å². The van der Waals surface area contributed by atoms with E-state index < -0.39 is 0 Å². The molecule has 3 aliphatic rings. The van der Waals surface area contributed by atoms with Crippen molar-refractivity contribution in [3.8, 4) is 0 Å². The first-order valence-electron chi connectivity index (χ1n) is 12.5. The molecule has 6 nitrogen and oxygen atoms in total. The summed E-state index contributed by atoms with van der Waals surface area (Å²) < 4.78 is 16.7. The van der Waals surface area contributed by atoms with Crippen LogP contribution in [-0.2, 0) is 6.42 Å². The molecule has 2 aromatic carbocycles. The number of nitrogens with zero attached hydrogens (tertiary/aromatic N) is 4. The number of piperidine rings is 1. The number of halogens is 1. The fourth-order valence-corrected chi connectivity index (χ4v) is 6.61. The summed E-state index contributed by atoms with van der Waals surface area (Å²) in [5.74, 6) is -0.168. The summed E-state index contributed by atoms with van der Waals surface area (Å²) in [4.78, 5) is 35.7. The number of anilines is 1. The number of carbonyl (C=O) groups excluding carboxylic acids is 2. The number of benzene rings is 2. The number of fused-ring (bicyclic) bond motifs is 2. The van der Waals surface area contributed by atoms with E-state index >= 15 is 0 Å². The highest BCUT2D eigenvalue weighted by Crippen LogP contribution is 2.46. The molecule has 6 rings (SSSR count). The summed E-state index contributed by atoms with van der Waals surface area (Å²) in [5, 5.41) is 0.653. The van der Waals surface area contributed by atoms with E-state index in [2.05, 4.69) is 20.3 Å². The summed E-state index contributed by atoms with van der Waals surface area (Å²) in [6.45, 7) is 4.19. The number of aromatic nitrogens is 1. The lowest BCUT2D eigenvalue weighted by Gasteiger charge is -2.40. The molecule has 36 heavy (non-hydrogen) atoms. The Morgan fingerprint density at radius 1 is 1.03 bits per heavy atom. The lowest BCUT2D eigenvalue weighted by Crippen LogP contribution is -2.47. The van der Waals surface area contributed by atoms with E-state index in [0.717, 1.165) is 36.3 Å². The lowest BCUT2D eigenvalue weighted by atomic mass is 9.75. The minimum Gasteiger partial charge on any atom is -0.370 e. The number of amides is 1. The van der Waals surface area contributed by atoms with Crippen LogP contribution in [0.25, 0.3) is 10.9 Å². The van der Waals surface area contributed by atoms with Crippen molar-refractivity contribution in [3.63, 3.8) is 0 Å². The number of ketones is 1. The van der Waals surface area contributed by atoms with Gasteiger partial charge in [-0.3, -0.25) is 14.6 Å². The third-order valence-corrected chi connectivity index (χ3v) is 9.01. The molecule has 1 amide bonds. The molecule has 3 heterocycles. The highest BCUT2D eigenvalue weighted by molar-refractivity contribution is 7.96. The summed E-state index contributed by atoms with van der Waals surface area (Å²) in [6.07, 6.45) is 5.89. The topological polar surface area (TPSA) is 56.8 Å². The van der Waals surface area contributed by atoms with Gasteiger partial charge in [0.1, 0.15) is 5.82 Å². The van der Waals surface area contributed by atoms with Gasteiger partial charge in [-0.2, -0.15) is 0 Å². The highest BCUT2D eigenvalue weighted by Gasteiger charge is 2.47. The van der Waals surface area contributed by atoms with Crippen molar-refractivity contribution in [2.24, 2.45) is 5.41 Å². The van der Waals surface area contributed by atoms with E-state index in [1.165, 1.54) is 12.1 Å². The maximum atomic E-state index is 14.4. The number of rotatable bonds is 3. The van der Waals surface area contributed by atoms with E-state index in [-0.39, 0.29) is 22.9 Å². The summed E-state index contributed by atoms with van der Waals surface area (Å²) >= 11 is 1.70. The number of pyridine rings is 1. The molecule has 3 aromatic rings. The SMILES string of the molecule is CSN1CCN(C(=O)c2cnc3ccc(F)cc3c2N2CCC3(CC2)Cc2ccccc2C3=O)CC1. The average molecular weight is 505 g/mol. The Morgan fingerprint density at radius 3 is 2.50 bits per heavy atom. The Morgan fingerprint density at radius 2 is 1.78 bits per heavy atom. The molecule has 2 saturated heterocycles. The Kier molecular flexibility index (Phi) is 5.96. The number of hydrogen-bond donors (Lipinski definition) is 0. The fourth-order valence-electron chi connectivity index (χ4n) is 6.08. The standard InChI is InChI=1S/C28H29FN4O2S/c1-36-33-14-12-32(13-15-33)27(35)23-18-30-24-7-6-20(29)16-22(24)25(23)31-10-8-28(9-11-31)17-19-4-2-3-5-21(19)26(28)34/h2-7,16,18H,8-15,17H2,1H3. The molecule has 0 N–H and O–H groups in total. The third-order valence-electron chi connectivity index (χ3n) is 8.13. The number of hydrogen-bond acceptors (Lipinski definition) is 6. The van der Waals surface area contributed by atoms with E-state index in [4.69, 9.17) is 0 Å². The fraction of sp³-hybridized carbons (Fsp3) is 0.393. The first-order valence-corrected chi connectivity index (χ1v) is 13.7.